The summed E-state index contributed by atoms with van der Waals surface area (Å²) in [5.74, 6) is 0.482. The van der Waals surface area contributed by atoms with Crippen LogP contribution in [0.5, 0.6) is 0 Å². The molecule has 3 saturated carbocycles. The molecule has 2 aliphatic heterocycles. The van der Waals surface area contributed by atoms with Crippen LogP contribution in [0.1, 0.15) is 76.4 Å². The second kappa shape index (κ2) is 10.8. The van der Waals surface area contributed by atoms with E-state index in [0.717, 1.165) is 12.0 Å². The molecule has 2 amide bonds. The largest absolute Gasteiger partial charge is 0.481 e. The van der Waals surface area contributed by atoms with Crippen molar-refractivity contribution < 1.29 is 23.7 Å². The molecule has 1 saturated heterocycles. The molecular weight excluding hydrogens is 533 g/mol. The topological polar surface area (TPSA) is 127 Å². The summed E-state index contributed by atoms with van der Waals surface area (Å²) >= 11 is 0. The van der Waals surface area contributed by atoms with Crippen molar-refractivity contribution in [2.24, 2.45) is 28.3 Å². The fourth-order valence-electron chi connectivity index (χ4n) is 7.64. The van der Waals surface area contributed by atoms with Gasteiger partial charge in [0.1, 0.15) is 5.69 Å². The maximum absolute atomic E-state index is 14.2. The number of carbonyl (C=O) groups excluding carboxylic acids is 2. The molecule has 3 aliphatic carbocycles. The quantitative estimate of drug-likeness (QED) is 0.371. The van der Waals surface area contributed by atoms with Gasteiger partial charge in [-0.25, -0.2) is 0 Å². The minimum Gasteiger partial charge on any atom is -0.404 e. The minimum atomic E-state index is -1.26. The van der Waals surface area contributed by atoms with Gasteiger partial charge in [0.2, 0.25) is 5.60 Å². The van der Waals surface area contributed by atoms with Gasteiger partial charge < -0.3 is 24.8 Å². The third kappa shape index (κ3) is 5.15. The number of hydrogen-bond acceptors (Lipinski definition) is 7. The van der Waals surface area contributed by atoms with Crippen molar-refractivity contribution in [1.82, 2.24) is 20.8 Å². The van der Waals surface area contributed by atoms with Crippen LogP contribution in [0.3, 0.4) is 0 Å². The lowest BCUT2D eigenvalue weighted by atomic mass is 9.43. The Bertz CT molecular complexity index is 1330. The molecule has 3 N–H and O–H groups in total. The lowest BCUT2D eigenvalue weighted by Crippen LogP contribution is -2.65. The molecule has 0 spiro atoms. The highest BCUT2D eigenvalue weighted by Crippen LogP contribution is 2.65. The Hall–Kier alpha value is -3.18. The first-order valence-corrected chi connectivity index (χ1v) is 15.2. The first-order valence-electron chi connectivity index (χ1n) is 15.2. The number of benzene rings is 1. The van der Waals surface area contributed by atoms with Gasteiger partial charge in [-0.2, -0.15) is 5.10 Å². The number of H-pyrrole nitrogens is 1. The Balaban J connectivity index is 1.19. The van der Waals surface area contributed by atoms with E-state index in [2.05, 4.69) is 60.6 Å². The summed E-state index contributed by atoms with van der Waals surface area (Å²) in [6.45, 7) is 11.3. The second-order valence-electron chi connectivity index (χ2n) is 13.8. The molecule has 1 aromatic carbocycles. The average molecular weight is 576 g/mol. The van der Waals surface area contributed by atoms with Gasteiger partial charge in [0.25, 0.3) is 11.8 Å². The molecule has 5 aliphatic rings. The van der Waals surface area contributed by atoms with Crippen LogP contribution in [0.2, 0.25) is 0 Å². The maximum atomic E-state index is 14.2. The third-order valence-electron chi connectivity index (χ3n) is 10.1. The number of amides is 2. The van der Waals surface area contributed by atoms with E-state index in [-0.39, 0.29) is 47.8 Å². The summed E-state index contributed by atoms with van der Waals surface area (Å²) < 4.78 is 13.4. The fourth-order valence-corrected chi connectivity index (χ4v) is 7.64. The Morgan fingerprint density at radius 3 is 2.62 bits per heavy atom. The Labute approximate surface area is 247 Å². The van der Waals surface area contributed by atoms with Gasteiger partial charge >= 0.3 is 7.12 Å². The number of nitrogens with one attached hydrogen (secondary N) is 3. The Morgan fingerprint density at radius 2 is 1.93 bits per heavy atom. The monoisotopic (exact) mass is 575 g/mol. The summed E-state index contributed by atoms with van der Waals surface area (Å²) in [7, 11) is -0.536. The van der Waals surface area contributed by atoms with Crippen molar-refractivity contribution in [3.63, 3.8) is 0 Å². The highest BCUT2D eigenvalue weighted by atomic mass is 16.7. The fraction of sp³-hybridized carbons (Fsp3) is 0.613. The van der Waals surface area contributed by atoms with Crippen LogP contribution in [-0.4, -0.2) is 64.6 Å². The number of rotatable bonds is 10. The van der Waals surface area contributed by atoms with E-state index >= 15 is 0 Å². The molecule has 10 nitrogen and oxygen atoms in total. The molecule has 6 atom stereocenters. The molecule has 3 heterocycles. The minimum absolute atomic E-state index is 0.0280. The molecule has 7 rings (SSSR count). The Kier molecular flexibility index (Phi) is 7.46. The standard InChI is InChI=1S/C31H42BN5O5/c1-19(2)13-26(32-40-25-15-21-14-24(29(21,3)4)30(25,5)41-32)35-28(39)31(16-20-9-7-6-8-10-20)17-22(37-42-31)18-33-27(38)23-11-12-34-36-23/h6-12,19,21,24-26H,13-18H2,1-5H3,(H,33,38)(H,34,36)(H,35,39)/t21-,24-,25+,26-,30-,31?/m0/s1. The molecule has 224 valence electrons. The zero-order valence-electron chi connectivity index (χ0n) is 25.2. The van der Waals surface area contributed by atoms with Crippen LogP contribution in [0.25, 0.3) is 0 Å². The van der Waals surface area contributed by atoms with E-state index in [9.17, 15) is 9.59 Å². The van der Waals surface area contributed by atoms with Crippen molar-refractivity contribution >= 4 is 24.6 Å². The van der Waals surface area contributed by atoms with E-state index < -0.39 is 12.7 Å². The highest BCUT2D eigenvalue weighted by molar-refractivity contribution is 6.48. The third-order valence-corrected chi connectivity index (χ3v) is 10.1. The molecule has 1 aromatic heterocycles. The first-order chi connectivity index (χ1) is 20.0. The second-order valence-corrected chi connectivity index (χ2v) is 13.8. The van der Waals surface area contributed by atoms with Gasteiger partial charge in [-0.15, -0.1) is 0 Å². The predicted octanol–water partition coefficient (Wildman–Crippen LogP) is 3.70. The molecule has 11 heteroatoms. The van der Waals surface area contributed by atoms with Crippen LogP contribution in [0.15, 0.2) is 47.8 Å². The van der Waals surface area contributed by atoms with E-state index in [4.69, 9.17) is 14.1 Å². The Morgan fingerprint density at radius 1 is 1.14 bits per heavy atom. The zero-order valence-corrected chi connectivity index (χ0v) is 25.2. The predicted molar refractivity (Wildman–Crippen MR) is 158 cm³/mol. The summed E-state index contributed by atoms with van der Waals surface area (Å²) in [6.07, 6.45) is 4.98. The van der Waals surface area contributed by atoms with Crippen LogP contribution in [0.4, 0.5) is 0 Å². The number of nitrogens with zero attached hydrogens (tertiary/aromatic N) is 2. The van der Waals surface area contributed by atoms with Crippen LogP contribution in [-0.2, 0) is 25.4 Å². The van der Waals surface area contributed by atoms with Gasteiger partial charge in [0.15, 0.2) is 0 Å². The van der Waals surface area contributed by atoms with Crippen molar-refractivity contribution in [2.45, 2.75) is 90.0 Å². The van der Waals surface area contributed by atoms with Gasteiger partial charge in [-0.05, 0) is 61.0 Å². The molecular formula is C31H42BN5O5. The van der Waals surface area contributed by atoms with Gasteiger partial charge in [0.05, 0.1) is 29.9 Å². The summed E-state index contributed by atoms with van der Waals surface area (Å²) in [6, 6.07) is 11.4. The van der Waals surface area contributed by atoms with Crippen molar-refractivity contribution in [1.29, 1.82) is 0 Å². The van der Waals surface area contributed by atoms with Crippen molar-refractivity contribution in [2.75, 3.05) is 6.54 Å². The van der Waals surface area contributed by atoms with Gasteiger partial charge in [0, 0.05) is 19.0 Å². The smallest absolute Gasteiger partial charge is 0.404 e. The summed E-state index contributed by atoms with van der Waals surface area (Å²) in [5, 5.41) is 16.9. The van der Waals surface area contributed by atoms with Crippen molar-refractivity contribution in [3.8, 4) is 0 Å². The van der Waals surface area contributed by atoms with E-state index in [0.29, 0.717) is 42.0 Å². The SMILES string of the molecule is CC(C)C[C@H](NC(=O)C1(Cc2ccccc2)CC(CNC(=O)c2ccn[nH]2)=NO1)B1O[C@@H]2C[C@@H]3C[C@@H](C3(C)C)[C@]2(C)O1. The van der Waals surface area contributed by atoms with Crippen molar-refractivity contribution in [3.05, 3.63) is 53.9 Å². The molecule has 0 radical (unpaired) electrons. The highest BCUT2D eigenvalue weighted by Gasteiger charge is 2.68. The van der Waals surface area contributed by atoms with Gasteiger partial charge in [-0.1, -0.05) is 63.2 Å². The summed E-state index contributed by atoms with van der Waals surface area (Å²) in [5.41, 5.74) is 0.508. The number of aromatic nitrogens is 2. The average Bonchev–Trinajstić information content (AvgIpc) is 3.70. The maximum Gasteiger partial charge on any atom is 0.481 e. The van der Waals surface area contributed by atoms with Gasteiger partial charge in [-0.3, -0.25) is 14.7 Å². The van der Waals surface area contributed by atoms with Crippen LogP contribution < -0.4 is 10.6 Å². The molecule has 42 heavy (non-hydrogen) atoms. The molecule has 4 fully saturated rings. The summed E-state index contributed by atoms with van der Waals surface area (Å²) in [4.78, 5) is 32.7. The lowest BCUT2D eigenvalue weighted by molar-refractivity contribution is -0.199. The number of oxime groups is 1. The number of carbonyl (C=O) groups is 2. The number of hydrogen-bond donors (Lipinski definition) is 3. The van der Waals surface area contributed by atoms with E-state index in [1.165, 1.54) is 12.6 Å². The molecule has 2 aromatic rings. The van der Waals surface area contributed by atoms with E-state index in [1.807, 2.05) is 30.3 Å². The molecule has 1 unspecified atom stereocenters. The van der Waals surface area contributed by atoms with Crippen LogP contribution >= 0.6 is 0 Å². The molecule has 2 bridgehead atoms. The lowest BCUT2D eigenvalue weighted by Gasteiger charge is -2.64. The normalized spacial score (nSPS) is 31.5. The first kappa shape index (κ1) is 28.9. The van der Waals surface area contributed by atoms with Crippen LogP contribution in [0, 0.1) is 23.2 Å². The zero-order chi connectivity index (χ0) is 29.7. The van der Waals surface area contributed by atoms with E-state index in [1.54, 1.807) is 6.07 Å². The number of aromatic amines is 1.